The lowest BCUT2D eigenvalue weighted by atomic mass is 9.96. The molecule has 26 heavy (non-hydrogen) atoms. The van der Waals surface area contributed by atoms with Gasteiger partial charge in [-0.25, -0.2) is 4.79 Å². The lowest BCUT2D eigenvalue weighted by Crippen LogP contribution is -2.42. The highest BCUT2D eigenvalue weighted by Gasteiger charge is 2.25. The fraction of sp³-hybridized carbons (Fsp3) is 0.389. The van der Waals surface area contributed by atoms with E-state index >= 15 is 0 Å². The van der Waals surface area contributed by atoms with Gasteiger partial charge < -0.3 is 20.8 Å². The van der Waals surface area contributed by atoms with Gasteiger partial charge >= 0.3 is 5.97 Å². The van der Waals surface area contributed by atoms with E-state index in [0.29, 0.717) is 31.6 Å². The van der Waals surface area contributed by atoms with Crippen LogP contribution in [0.25, 0.3) is 10.9 Å². The molecule has 0 bridgehead atoms. The number of likely N-dealkylation sites (tertiary alicyclic amines) is 1. The standard InChI is InChI=1S/C18H22N4O4/c1-26-18(25)16-15(12-4-2-3-5-13(12)20-16)21-14(23)10-22-8-6-11(7-9-22)17(19)24/h2-5,11,20H,6-10H2,1H3,(H2,19,24)(H,21,23). The number of hydrogen-bond donors (Lipinski definition) is 3. The summed E-state index contributed by atoms with van der Waals surface area (Å²) in [7, 11) is 1.29. The number of rotatable bonds is 5. The van der Waals surface area contributed by atoms with E-state index in [2.05, 4.69) is 10.3 Å². The first kappa shape index (κ1) is 17.9. The van der Waals surface area contributed by atoms with Crippen molar-refractivity contribution in [1.82, 2.24) is 9.88 Å². The van der Waals surface area contributed by atoms with Crippen LogP contribution in [0.4, 0.5) is 5.69 Å². The third-order valence-electron chi connectivity index (χ3n) is 4.72. The van der Waals surface area contributed by atoms with Crippen molar-refractivity contribution in [3.8, 4) is 0 Å². The number of nitrogens with one attached hydrogen (secondary N) is 2. The van der Waals surface area contributed by atoms with Crippen LogP contribution in [0.2, 0.25) is 0 Å². The highest BCUT2D eigenvalue weighted by molar-refractivity contribution is 6.11. The minimum atomic E-state index is -0.543. The number of anilines is 1. The molecule has 1 aromatic heterocycles. The number of fused-ring (bicyclic) bond motifs is 1. The van der Waals surface area contributed by atoms with Crippen molar-refractivity contribution in [2.75, 3.05) is 32.1 Å². The van der Waals surface area contributed by atoms with E-state index in [1.165, 1.54) is 7.11 Å². The number of carbonyl (C=O) groups excluding carboxylic acids is 3. The fourth-order valence-electron chi connectivity index (χ4n) is 3.28. The molecule has 0 atom stereocenters. The van der Waals surface area contributed by atoms with Gasteiger partial charge in [0.15, 0.2) is 0 Å². The molecule has 1 aliphatic rings. The van der Waals surface area contributed by atoms with Gasteiger partial charge in [-0.05, 0) is 32.0 Å². The zero-order valence-electron chi connectivity index (χ0n) is 14.6. The van der Waals surface area contributed by atoms with Crippen LogP contribution in [0.5, 0.6) is 0 Å². The molecule has 1 aliphatic heterocycles. The number of carbonyl (C=O) groups is 3. The number of nitrogens with zero attached hydrogens (tertiary/aromatic N) is 1. The second-order valence-corrected chi connectivity index (χ2v) is 6.41. The first-order valence-electron chi connectivity index (χ1n) is 8.50. The second-order valence-electron chi connectivity index (χ2n) is 6.41. The average Bonchev–Trinajstić information content (AvgIpc) is 3.00. The van der Waals surface area contributed by atoms with Gasteiger partial charge in [0.05, 0.1) is 19.3 Å². The zero-order chi connectivity index (χ0) is 18.7. The molecule has 1 fully saturated rings. The number of para-hydroxylation sites is 1. The molecule has 2 aromatic rings. The van der Waals surface area contributed by atoms with Crippen molar-refractivity contribution >= 4 is 34.4 Å². The van der Waals surface area contributed by atoms with Crippen molar-refractivity contribution in [3.63, 3.8) is 0 Å². The van der Waals surface area contributed by atoms with Crippen LogP contribution in [0, 0.1) is 5.92 Å². The minimum absolute atomic E-state index is 0.117. The molecule has 0 saturated carbocycles. The molecular formula is C18H22N4O4. The molecule has 0 radical (unpaired) electrons. The van der Waals surface area contributed by atoms with Gasteiger partial charge in [0, 0.05) is 16.8 Å². The Morgan fingerprint density at radius 3 is 2.62 bits per heavy atom. The summed E-state index contributed by atoms with van der Waals surface area (Å²) in [5, 5.41) is 3.57. The predicted molar refractivity (Wildman–Crippen MR) is 96.6 cm³/mol. The molecule has 4 N–H and O–H groups in total. The van der Waals surface area contributed by atoms with Gasteiger partial charge in [-0.2, -0.15) is 0 Å². The minimum Gasteiger partial charge on any atom is -0.464 e. The number of primary amides is 1. The van der Waals surface area contributed by atoms with Crippen molar-refractivity contribution in [2.45, 2.75) is 12.8 Å². The average molecular weight is 358 g/mol. The van der Waals surface area contributed by atoms with Crippen LogP contribution < -0.4 is 11.1 Å². The lowest BCUT2D eigenvalue weighted by molar-refractivity contribution is -0.123. The molecule has 8 heteroatoms. The first-order chi connectivity index (χ1) is 12.5. The van der Waals surface area contributed by atoms with Crippen LogP contribution in [-0.4, -0.2) is 54.4 Å². The smallest absolute Gasteiger partial charge is 0.356 e. The summed E-state index contributed by atoms with van der Waals surface area (Å²) >= 11 is 0. The quantitative estimate of drug-likeness (QED) is 0.692. The summed E-state index contributed by atoms with van der Waals surface area (Å²) in [6.45, 7) is 1.46. The van der Waals surface area contributed by atoms with Crippen molar-refractivity contribution in [1.29, 1.82) is 0 Å². The summed E-state index contributed by atoms with van der Waals surface area (Å²) < 4.78 is 4.80. The summed E-state index contributed by atoms with van der Waals surface area (Å²) in [5.74, 6) is -1.17. The van der Waals surface area contributed by atoms with E-state index in [1.807, 2.05) is 29.2 Å². The van der Waals surface area contributed by atoms with Gasteiger partial charge in [-0.1, -0.05) is 18.2 Å². The van der Waals surface area contributed by atoms with Gasteiger partial charge in [0.2, 0.25) is 11.8 Å². The summed E-state index contributed by atoms with van der Waals surface area (Å²) in [4.78, 5) is 40.7. The van der Waals surface area contributed by atoms with Crippen LogP contribution in [0.1, 0.15) is 23.3 Å². The molecule has 1 aromatic carbocycles. The molecule has 0 unspecified atom stereocenters. The fourth-order valence-corrected chi connectivity index (χ4v) is 3.28. The number of hydrogen-bond acceptors (Lipinski definition) is 5. The first-order valence-corrected chi connectivity index (χ1v) is 8.50. The summed E-state index contributed by atoms with van der Waals surface area (Å²) in [6.07, 6.45) is 1.31. The Balaban J connectivity index is 1.71. The molecule has 0 aliphatic carbocycles. The van der Waals surface area contributed by atoms with Crippen molar-refractivity contribution in [3.05, 3.63) is 30.0 Å². The summed E-state index contributed by atoms with van der Waals surface area (Å²) in [5.41, 5.74) is 6.71. The van der Waals surface area contributed by atoms with E-state index in [1.54, 1.807) is 0 Å². The molecule has 3 rings (SSSR count). The number of piperidine rings is 1. The Morgan fingerprint density at radius 2 is 1.96 bits per heavy atom. The van der Waals surface area contributed by atoms with Crippen LogP contribution >= 0.6 is 0 Å². The zero-order valence-corrected chi connectivity index (χ0v) is 14.6. The highest BCUT2D eigenvalue weighted by Crippen LogP contribution is 2.28. The maximum atomic E-state index is 12.5. The molecule has 8 nitrogen and oxygen atoms in total. The van der Waals surface area contributed by atoms with E-state index in [-0.39, 0.29) is 30.0 Å². The Labute approximate surface area is 150 Å². The maximum Gasteiger partial charge on any atom is 0.356 e. The molecule has 2 heterocycles. The number of ether oxygens (including phenoxy) is 1. The second kappa shape index (κ2) is 7.57. The van der Waals surface area contributed by atoms with Crippen LogP contribution in [0.15, 0.2) is 24.3 Å². The Hall–Kier alpha value is -2.87. The topological polar surface area (TPSA) is 118 Å². The van der Waals surface area contributed by atoms with Crippen LogP contribution in [0.3, 0.4) is 0 Å². The number of esters is 1. The monoisotopic (exact) mass is 358 g/mol. The number of aromatic amines is 1. The Kier molecular flexibility index (Phi) is 5.22. The third-order valence-corrected chi connectivity index (χ3v) is 4.72. The largest absolute Gasteiger partial charge is 0.464 e. The molecule has 1 saturated heterocycles. The van der Waals surface area contributed by atoms with E-state index in [4.69, 9.17) is 10.5 Å². The highest BCUT2D eigenvalue weighted by atomic mass is 16.5. The molecular weight excluding hydrogens is 336 g/mol. The van der Waals surface area contributed by atoms with Gasteiger partial charge in [0.25, 0.3) is 0 Å². The number of methoxy groups -OCH3 is 1. The molecule has 138 valence electrons. The predicted octanol–water partition coefficient (Wildman–Crippen LogP) is 1.09. The third kappa shape index (κ3) is 3.70. The van der Waals surface area contributed by atoms with Gasteiger partial charge in [-0.15, -0.1) is 0 Å². The van der Waals surface area contributed by atoms with Gasteiger partial charge in [0.1, 0.15) is 5.69 Å². The number of benzene rings is 1. The summed E-state index contributed by atoms with van der Waals surface area (Å²) in [6, 6.07) is 7.33. The maximum absolute atomic E-state index is 12.5. The number of nitrogens with two attached hydrogens (primary N) is 1. The Morgan fingerprint density at radius 1 is 1.27 bits per heavy atom. The van der Waals surface area contributed by atoms with E-state index in [0.717, 1.165) is 10.9 Å². The number of H-pyrrole nitrogens is 1. The normalized spacial score (nSPS) is 15.7. The number of amides is 2. The lowest BCUT2D eigenvalue weighted by Gasteiger charge is -2.29. The molecule has 2 amide bonds. The Bertz CT molecular complexity index is 837. The SMILES string of the molecule is COC(=O)c1[nH]c2ccccc2c1NC(=O)CN1CCC(C(N)=O)CC1. The number of aromatic nitrogens is 1. The van der Waals surface area contributed by atoms with Gasteiger partial charge in [-0.3, -0.25) is 14.5 Å². The van der Waals surface area contributed by atoms with E-state index in [9.17, 15) is 14.4 Å². The van der Waals surface area contributed by atoms with Crippen molar-refractivity contribution < 1.29 is 19.1 Å². The van der Waals surface area contributed by atoms with Crippen molar-refractivity contribution in [2.24, 2.45) is 11.7 Å². The van der Waals surface area contributed by atoms with E-state index < -0.39 is 5.97 Å². The molecule has 0 spiro atoms. The van der Waals surface area contributed by atoms with Crippen LogP contribution in [-0.2, 0) is 14.3 Å².